The molecule has 1 saturated carbocycles. The van der Waals surface area contributed by atoms with Gasteiger partial charge in [-0.1, -0.05) is 19.1 Å². The fourth-order valence-electron chi connectivity index (χ4n) is 3.15. The van der Waals surface area contributed by atoms with E-state index in [4.69, 9.17) is 4.74 Å². The predicted octanol–water partition coefficient (Wildman–Crippen LogP) is 2.86. The number of ether oxygens (including phenoxy) is 1. The van der Waals surface area contributed by atoms with Gasteiger partial charge in [0.15, 0.2) is 5.69 Å². The van der Waals surface area contributed by atoms with Crippen molar-refractivity contribution in [3.8, 4) is 5.75 Å². The average Bonchev–Trinajstić information content (AvgIpc) is 3.36. The van der Waals surface area contributed by atoms with Crippen molar-refractivity contribution in [2.75, 3.05) is 12.0 Å². The van der Waals surface area contributed by atoms with Crippen molar-refractivity contribution in [2.45, 2.75) is 38.8 Å². The Labute approximate surface area is 141 Å². The van der Waals surface area contributed by atoms with Gasteiger partial charge in [-0.25, -0.2) is 4.79 Å². The van der Waals surface area contributed by atoms with Crippen molar-refractivity contribution in [3.63, 3.8) is 0 Å². The van der Waals surface area contributed by atoms with Gasteiger partial charge in [0.2, 0.25) is 0 Å². The summed E-state index contributed by atoms with van der Waals surface area (Å²) in [4.78, 5) is 13.8. The molecule has 2 aromatic rings. The second-order valence-corrected chi connectivity index (χ2v) is 6.14. The number of rotatable bonds is 7. The molecule has 1 aliphatic rings. The van der Waals surface area contributed by atoms with E-state index in [2.05, 4.69) is 16.1 Å². The molecule has 0 saturated heterocycles. The predicted molar refractivity (Wildman–Crippen MR) is 91.7 cm³/mol. The quantitative estimate of drug-likeness (QED) is 0.846. The van der Waals surface area contributed by atoms with E-state index >= 15 is 0 Å². The standard InChI is InChI=1S/C18H23N3O3/c1-4-15-16(18(22)23)19-20(2)17(15)21(13-8-9-13)11-12-6-5-7-14(10-12)24-3/h5-7,10,13H,4,8-9,11H2,1-3H3,(H,22,23). The van der Waals surface area contributed by atoms with Crippen LogP contribution in [0, 0.1) is 0 Å². The molecule has 6 nitrogen and oxygen atoms in total. The summed E-state index contributed by atoms with van der Waals surface area (Å²) >= 11 is 0. The number of aromatic carboxylic acids is 1. The fraction of sp³-hybridized carbons (Fsp3) is 0.444. The Hall–Kier alpha value is -2.50. The van der Waals surface area contributed by atoms with E-state index in [1.54, 1.807) is 11.8 Å². The molecule has 0 unspecified atom stereocenters. The summed E-state index contributed by atoms with van der Waals surface area (Å²) in [6.45, 7) is 2.69. The van der Waals surface area contributed by atoms with Gasteiger partial charge in [0.1, 0.15) is 11.6 Å². The molecular weight excluding hydrogens is 306 g/mol. The van der Waals surface area contributed by atoms with Crippen LogP contribution in [0.4, 0.5) is 5.82 Å². The number of benzene rings is 1. The summed E-state index contributed by atoms with van der Waals surface area (Å²) in [6, 6.07) is 8.44. The van der Waals surface area contributed by atoms with E-state index in [1.807, 2.05) is 32.2 Å². The Kier molecular flexibility index (Phi) is 4.46. The van der Waals surface area contributed by atoms with Crippen LogP contribution in [0.1, 0.15) is 41.4 Å². The van der Waals surface area contributed by atoms with Crippen LogP contribution >= 0.6 is 0 Å². The minimum Gasteiger partial charge on any atom is -0.497 e. The number of aryl methyl sites for hydroxylation is 1. The van der Waals surface area contributed by atoms with Crippen molar-refractivity contribution in [2.24, 2.45) is 7.05 Å². The van der Waals surface area contributed by atoms with Crippen LogP contribution < -0.4 is 9.64 Å². The zero-order valence-electron chi connectivity index (χ0n) is 14.3. The number of hydrogen-bond acceptors (Lipinski definition) is 4. The number of aromatic nitrogens is 2. The summed E-state index contributed by atoms with van der Waals surface area (Å²) in [5.74, 6) is 0.779. The summed E-state index contributed by atoms with van der Waals surface area (Å²) in [6.07, 6.45) is 2.90. The molecule has 1 N–H and O–H groups in total. The van der Waals surface area contributed by atoms with Crippen LogP contribution in [0.2, 0.25) is 0 Å². The normalized spacial score (nSPS) is 13.8. The first kappa shape index (κ1) is 16.4. The lowest BCUT2D eigenvalue weighted by Crippen LogP contribution is -2.28. The lowest BCUT2D eigenvalue weighted by Gasteiger charge is -2.26. The Morgan fingerprint density at radius 2 is 2.21 bits per heavy atom. The summed E-state index contributed by atoms with van der Waals surface area (Å²) < 4.78 is 7.02. The largest absolute Gasteiger partial charge is 0.497 e. The van der Waals surface area contributed by atoms with E-state index in [9.17, 15) is 9.90 Å². The molecule has 0 spiro atoms. The van der Waals surface area contributed by atoms with E-state index in [0.29, 0.717) is 19.0 Å². The minimum atomic E-state index is -0.967. The molecule has 0 bridgehead atoms. The molecule has 0 aliphatic heterocycles. The highest BCUT2D eigenvalue weighted by Gasteiger charge is 2.34. The molecule has 0 amide bonds. The molecule has 3 rings (SSSR count). The van der Waals surface area contributed by atoms with Gasteiger partial charge in [0.25, 0.3) is 0 Å². The van der Waals surface area contributed by atoms with Gasteiger partial charge >= 0.3 is 5.97 Å². The minimum absolute atomic E-state index is 0.159. The maximum absolute atomic E-state index is 11.5. The third-order valence-electron chi connectivity index (χ3n) is 4.42. The Bertz CT molecular complexity index is 750. The van der Waals surface area contributed by atoms with Gasteiger partial charge in [-0.3, -0.25) is 4.68 Å². The van der Waals surface area contributed by atoms with Crippen LogP contribution in [0.3, 0.4) is 0 Å². The van der Waals surface area contributed by atoms with Crippen molar-refractivity contribution in [1.29, 1.82) is 0 Å². The van der Waals surface area contributed by atoms with Crippen molar-refractivity contribution in [3.05, 3.63) is 41.1 Å². The zero-order chi connectivity index (χ0) is 17.3. The number of hydrogen-bond donors (Lipinski definition) is 1. The number of nitrogens with zero attached hydrogens (tertiary/aromatic N) is 3. The van der Waals surface area contributed by atoms with Crippen molar-refractivity contribution < 1.29 is 14.6 Å². The number of anilines is 1. The van der Waals surface area contributed by atoms with E-state index < -0.39 is 5.97 Å². The Morgan fingerprint density at radius 3 is 2.79 bits per heavy atom. The van der Waals surface area contributed by atoms with Crippen LogP contribution in [0.15, 0.2) is 24.3 Å². The van der Waals surface area contributed by atoms with Gasteiger partial charge in [0.05, 0.1) is 7.11 Å². The molecule has 1 heterocycles. The Balaban J connectivity index is 1.98. The molecule has 1 aromatic carbocycles. The van der Waals surface area contributed by atoms with Crippen LogP contribution in [-0.2, 0) is 20.0 Å². The second kappa shape index (κ2) is 6.55. The fourth-order valence-corrected chi connectivity index (χ4v) is 3.15. The second-order valence-electron chi connectivity index (χ2n) is 6.14. The van der Waals surface area contributed by atoms with E-state index in [-0.39, 0.29) is 5.69 Å². The zero-order valence-corrected chi connectivity index (χ0v) is 14.3. The molecule has 1 fully saturated rings. The van der Waals surface area contributed by atoms with E-state index in [0.717, 1.165) is 35.5 Å². The summed E-state index contributed by atoms with van der Waals surface area (Å²) in [7, 11) is 3.48. The Morgan fingerprint density at radius 1 is 1.46 bits per heavy atom. The molecular formula is C18H23N3O3. The maximum Gasteiger partial charge on any atom is 0.356 e. The molecule has 0 radical (unpaired) electrons. The SMILES string of the molecule is CCc1c(C(=O)O)nn(C)c1N(Cc1cccc(OC)c1)C1CC1. The molecule has 1 aliphatic carbocycles. The number of carboxylic acid groups (broad SMARTS) is 1. The van der Waals surface area contributed by atoms with Crippen LogP contribution in [0.5, 0.6) is 5.75 Å². The molecule has 24 heavy (non-hydrogen) atoms. The van der Waals surface area contributed by atoms with E-state index in [1.165, 1.54) is 0 Å². The third kappa shape index (κ3) is 3.09. The lowest BCUT2D eigenvalue weighted by molar-refractivity contribution is 0.0688. The first-order valence-corrected chi connectivity index (χ1v) is 8.23. The monoisotopic (exact) mass is 329 g/mol. The average molecular weight is 329 g/mol. The van der Waals surface area contributed by atoms with Gasteiger partial charge < -0.3 is 14.7 Å². The highest BCUT2D eigenvalue weighted by molar-refractivity contribution is 5.89. The van der Waals surface area contributed by atoms with Crippen LogP contribution in [-0.4, -0.2) is 34.0 Å². The van der Waals surface area contributed by atoms with Crippen molar-refractivity contribution in [1.82, 2.24) is 9.78 Å². The first-order valence-electron chi connectivity index (χ1n) is 8.23. The molecule has 6 heteroatoms. The van der Waals surface area contributed by atoms with Gasteiger partial charge in [0, 0.05) is 25.2 Å². The van der Waals surface area contributed by atoms with Gasteiger partial charge in [-0.15, -0.1) is 0 Å². The third-order valence-corrected chi connectivity index (χ3v) is 4.42. The molecule has 1 aromatic heterocycles. The highest BCUT2D eigenvalue weighted by Crippen LogP contribution is 2.36. The molecule has 128 valence electrons. The molecule has 0 atom stereocenters. The summed E-state index contributed by atoms with van der Waals surface area (Å²) in [5.41, 5.74) is 2.10. The van der Waals surface area contributed by atoms with Crippen LogP contribution in [0.25, 0.3) is 0 Å². The lowest BCUT2D eigenvalue weighted by atomic mass is 10.1. The van der Waals surface area contributed by atoms with Gasteiger partial charge in [-0.2, -0.15) is 5.10 Å². The van der Waals surface area contributed by atoms with Crippen molar-refractivity contribution >= 4 is 11.8 Å². The van der Waals surface area contributed by atoms with Gasteiger partial charge in [-0.05, 0) is 37.0 Å². The smallest absolute Gasteiger partial charge is 0.356 e. The first-order chi connectivity index (χ1) is 11.5. The highest BCUT2D eigenvalue weighted by atomic mass is 16.5. The number of methoxy groups -OCH3 is 1. The number of carboxylic acids is 1. The topological polar surface area (TPSA) is 67.6 Å². The number of carbonyl (C=O) groups is 1. The maximum atomic E-state index is 11.5. The summed E-state index contributed by atoms with van der Waals surface area (Å²) in [5, 5.41) is 13.7.